The molecule has 12 nitrogen and oxygen atoms in total. The highest BCUT2D eigenvalue weighted by molar-refractivity contribution is 6.00. The van der Waals surface area contributed by atoms with Gasteiger partial charge in [0.1, 0.15) is 18.1 Å². The SMILES string of the molecule is CC[C@H]1OC(=O)[C@H](C)C(=O)[C@H](C)[C@@H](O[C@@H]2O[C@H](C)C[C@H](N(C)C)[C@H]2O)[C@](C)(OC)C[C@](C)(F)C(=O)[C@H](C)[C@H]2OC(=O)O[C@@]21C. The summed E-state index contributed by atoms with van der Waals surface area (Å²) in [5, 5.41) is 11.2. The van der Waals surface area contributed by atoms with E-state index in [2.05, 4.69) is 0 Å². The first-order valence-corrected chi connectivity index (χ1v) is 15.3. The van der Waals surface area contributed by atoms with E-state index in [0.29, 0.717) is 6.42 Å². The summed E-state index contributed by atoms with van der Waals surface area (Å²) in [4.78, 5) is 55.4. The van der Waals surface area contributed by atoms with Crippen LogP contribution < -0.4 is 0 Å². The van der Waals surface area contributed by atoms with Crippen LogP contribution in [0.4, 0.5) is 9.18 Å². The molecule has 13 heteroatoms. The number of likely N-dealkylation sites (N-methyl/N-ethyl adjacent to an activating group) is 1. The van der Waals surface area contributed by atoms with Crippen molar-refractivity contribution < 1.29 is 57.1 Å². The molecule has 0 amide bonds. The molecule has 0 spiro atoms. The fourth-order valence-corrected chi connectivity index (χ4v) is 7.07. The third kappa shape index (κ3) is 6.81. The summed E-state index contributed by atoms with van der Waals surface area (Å²) in [5.41, 5.74) is -5.86. The molecule has 3 fully saturated rings. The average Bonchev–Trinajstić information content (AvgIpc) is 3.27. The number of cyclic esters (lactones) is 1. The van der Waals surface area contributed by atoms with Gasteiger partial charge in [0, 0.05) is 25.5 Å². The minimum atomic E-state index is -2.58. The molecule has 0 aromatic heterocycles. The van der Waals surface area contributed by atoms with Gasteiger partial charge in [-0.25, -0.2) is 9.18 Å². The number of rotatable bonds is 5. The van der Waals surface area contributed by atoms with Gasteiger partial charge in [-0.2, -0.15) is 0 Å². The van der Waals surface area contributed by atoms with Crippen LogP contribution in [0.3, 0.4) is 0 Å². The first kappa shape index (κ1) is 36.3. The van der Waals surface area contributed by atoms with Gasteiger partial charge >= 0.3 is 12.1 Å². The summed E-state index contributed by atoms with van der Waals surface area (Å²) < 4.78 is 51.5. The molecule has 0 aliphatic carbocycles. The van der Waals surface area contributed by atoms with Crippen LogP contribution in [-0.4, -0.2) is 115 Å². The molecule has 44 heavy (non-hydrogen) atoms. The predicted molar refractivity (Wildman–Crippen MR) is 154 cm³/mol. The number of hydrogen-bond acceptors (Lipinski definition) is 12. The van der Waals surface area contributed by atoms with Crippen molar-refractivity contribution in [3.8, 4) is 0 Å². The van der Waals surface area contributed by atoms with Gasteiger partial charge in [-0.05, 0) is 61.6 Å². The maximum Gasteiger partial charge on any atom is 0.509 e. The minimum Gasteiger partial charge on any atom is -0.457 e. The second kappa shape index (κ2) is 13.3. The number of esters is 1. The van der Waals surface area contributed by atoms with E-state index in [1.54, 1.807) is 6.92 Å². The minimum absolute atomic E-state index is 0.148. The molecule has 3 saturated heterocycles. The standard InChI is InChI=1S/C31H50FNO11/c1-12-20-31(8)25(43-28(38)44-31)18(5)23(36)29(6,32)14-30(7,39-11)24(16(3)21(34)17(4)26(37)41-20)42-27-22(35)19(33(9)10)13-15(2)40-27/h15-20,22,24-25,27,35H,12-14H2,1-11H3/t15-,16+,17-,18+,19+,20-,22-,24-,25-,27+,29+,30-,31-/m1/s1. The van der Waals surface area contributed by atoms with Gasteiger partial charge in [-0.15, -0.1) is 0 Å². The van der Waals surface area contributed by atoms with E-state index in [-0.39, 0.29) is 18.6 Å². The highest BCUT2D eigenvalue weighted by atomic mass is 19.1. The molecule has 0 aromatic carbocycles. The van der Waals surface area contributed by atoms with Crippen molar-refractivity contribution in [2.24, 2.45) is 17.8 Å². The molecule has 0 bridgehead atoms. The molecule has 3 heterocycles. The second-order valence-electron chi connectivity index (χ2n) is 13.5. The third-order valence-electron chi connectivity index (χ3n) is 9.73. The smallest absolute Gasteiger partial charge is 0.457 e. The Hall–Kier alpha value is -2.19. The van der Waals surface area contributed by atoms with Crippen molar-refractivity contribution in [2.75, 3.05) is 21.2 Å². The van der Waals surface area contributed by atoms with E-state index in [9.17, 15) is 24.3 Å². The van der Waals surface area contributed by atoms with Crippen LogP contribution in [0.2, 0.25) is 0 Å². The van der Waals surface area contributed by atoms with Gasteiger partial charge in [0.25, 0.3) is 0 Å². The summed E-state index contributed by atoms with van der Waals surface area (Å²) in [6, 6.07) is -0.346. The normalized spacial score (nSPS) is 46.1. The van der Waals surface area contributed by atoms with Crippen LogP contribution in [-0.2, 0) is 42.8 Å². The highest BCUT2D eigenvalue weighted by Crippen LogP contribution is 2.43. The molecule has 3 aliphatic heterocycles. The first-order valence-electron chi connectivity index (χ1n) is 15.3. The Morgan fingerprint density at radius 2 is 1.64 bits per heavy atom. The number of methoxy groups -OCH3 is 1. The molecule has 3 aliphatic rings. The molecule has 13 atom stereocenters. The number of aliphatic hydroxyl groups excluding tert-OH is 1. The Morgan fingerprint density at radius 3 is 2.18 bits per heavy atom. The van der Waals surface area contributed by atoms with Crippen LogP contribution >= 0.6 is 0 Å². The zero-order valence-electron chi connectivity index (χ0n) is 27.7. The molecule has 3 rings (SSSR count). The number of ketones is 2. The Morgan fingerprint density at radius 1 is 1.02 bits per heavy atom. The van der Waals surface area contributed by atoms with Crippen LogP contribution in [0, 0.1) is 17.8 Å². The summed E-state index contributed by atoms with van der Waals surface area (Å²) >= 11 is 0. The lowest BCUT2D eigenvalue weighted by Gasteiger charge is -2.47. The summed E-state index contributed by atoms with van der Waals surface area (Å²) in [6.45, 7) is 11.9. The zero-order chi connectivity index (χ0) is 33.5. The largest absolute Gasteiger partial charge is 0.509 e. The number of alkyl halides is 1. The number of ether oxygens (including phenoxy) is 6. The van der Waals surface area contributed by atoms with E-state index in [4.69, 9.17) is 28.4 Å². The number of carbonyl (C=O) groups excluding carboxylic acids is 4. The molecule has 252 valence electrons. The number of hydrogen-bond donors (Lipinski definition) is 1. The van der Waals surface area contributed by atoms with Crippen molar-refractivity contribution in [1.82, 2.24) is 4.90 Å². The lowest BCUT2D eigenvalue weighted by atomic mass is 9.73. The van der Waals surface area contributed by atoms with Gasteiger partial charge in [-0.1, -0.05) is 20.8 Å². The van der Waals surface area contributed by atoms with Gasteiger partial charge < -0.3 is 38.4 Å². The van der Waals surface area contributed by atoms with Crippen molar-refractivity contribution in [1.29, 1.82) is 0 Å². The molecule has 0 radical (unpaired) electrons. The first-order chi connectivity index (χ1) is 20.2. The van der Waals surface area contributed by atoms with Crippen LogP contribution in [0.1, 0.15) is 74.7 Å². The van der Waals surface area contributed by atoms with E-state index >= 15 is 4.39 Å². The van der Waals surface area contributed by atoms with Crippen LogP contribution in [0.25, 0.3) is 0 Å². The number of carbonyl (C=O) groups is 4. The molecular formula is C31H50FNO11. The van der Waals surface area contributed by atoms with E-state index in [0.717, 1.165) is 6.92 Å². The van der Waals surface area contributed by atoms with Crippen molar-refractivity contribution in [2.45, 2.75) is 134 Å². The van der Waals surface area contributed by atoms with E-state index in [1.807, 2.05) is 25.9 Å². The lowest BCUT2D eigenvalue weighted by Crippen LogP contribution is -2.61. The van der Waals surface area contributed by atoms with Crippen LogP contribution in [0.15, 0.2) is 0 Å². The Bertz CT molecular complexity index is 1100. The quantitative estimate of drug-likeness (QED) is 0.351. The van der Waals surface area contributed by atoms with Gasteiger partial charge in [0.05, 0.1) is 23.7 Å². The van der Waals surface area contributed by atoms with Gasteiger partial charge in [0.15, 0.2) is 35.2 Å². The van der Waals surface area contributed by atoms with Crippen molar-refractivity contribution in [3.63, 3.8) is 0 Å². The van der Waals surface area contributed by atoms with Gasteiger partial charge in [-0.3, -0.25) is 14.4 Å². The second-order valence-corrected chi connectivity index (χ2v) is 13.5. The summed E-state index contributed by atoms with van der Waals surface area (Å²) in [6.07, 6.45) is -7.38. The average molecular weight is 632 g/mol. The van der Waals surface area contributed by atoms with E-state index in [1.165, 1.54) is 41.7 Å². The lowest BCUT2D eigenvalue weighted by molar-refractivity contribution is -0.296. The number of Topliss-reactive ketones (excluding diaryl/α,β-unsaturated/α-hetero) is 2. The maximum absolute atomic E-state index is 16.7. The summed E-state index contributed by atoms with van der Waals surface area (Å²) in [7, 11) is 4.93. The maximum atomic E-state index is 16.7. The molecular weight excluding hydrogens is 581 g/mol. The number of halogens is 1. The van der Waals surface area contributed by atoms with Crippen LogP contribution in [0.5, 0.6) is 0 Å². The highest BCUT2D eigenvalue weighted by Gasteiger charge is 2.61. The van der Waals surface area contributed by atoms with Crippen molar-refractivity contribution in [3.05, 3.63) is 0 Å². The Balaban J connectivity index is 2.14. The van der Waals surface area contributed by atoms with Gasteiger partial charge in [0.2, 0.25) is 0 Å². The molecule has 0 aromatic rings. The molecule has 1 N–H and O–H groups in total. The fourth-order valence-electron chi connectivity index (χ4n) is 7.07. The molecule has 0 unspecified atom stereocenters. The summed E-state index contributed by atoms with van der Waals surface area (Å²) in [5.74, 6) is -6.03. The Labute approximate surface area is 259 Å². The third-order valence-corrected chi connectivity index (χ3v) is 9.73. The monoisotopic (exact) mass is 631 g/mol. The topological polar surface area (TPSA) is 147 Å². The predicted octanol–water partition coefficient (Wildman–Crippen LogP) is 3.00. The number of nitrogens with zero attached hydrogens (tertiary/aromatic N) is 1. The zero-order valence-corrected chi connectivity index (χ0v) is 27.7. The fraction of sp³-hybridized carbons (Fsp3) is 0.871. The van der Waals surface area contributed by atoms with Crippen molar-refractivity contribution >= 4 is 23.7 Å². The number of aliphatic hydroxyl groups is 1. The number of fused-ring (bicyclic) bond motifs is 1. The van der Waals surface area contributed by atoms with E-state index < -0.39 is 95.4 Å². The Kier molecular flexibility index (Phi) is 10.9. The molecule has 0 saturated carbocycles.